The number of aromatic nitrogens is 1. The van der Waals surface area contributed by atoms with Crippen molar-refractivity contribution in [3.8, 4) is 0 Å². The first-order valence-corrected chi connectivity index (χ1v) is 10.6. The number of sulfonamides is 1. The SMILES string of the molecule is CC1CCN(c2ccc(NS(=O)(=O)c3ccc4c(c3)CC(=O)N4)cn2)CC1. The van der Waals surface area contributed by atoms with Crippen LogP contribution in [0.5, 0.6) is 0 Å². The molecule has 0 spiro atoms. The number of hydrogen-bond donors (Lipinski definition) is 2. The zero-order valence-electron chi connectivity index (χ0n) is 15.1. The fourth-order valence-corrected chi connectivity index (χ4v) is 4.55. The summed E-state index contributed by atoms with van der Waals surface area (Å²) in [5, 5.41) is 2.70. The third-order valence-corrected chi connectivity index (χ3v) is 6.50. The summed E-state index contributed by atoms with van der Waals surface area (Å²) in [6.45, 7) is 4.20. The quantitative estimate of drug-likeness (QED) is 0.843. The molecule has 0 bridgehead atoms. The second-order valence-corrected chi connectivity index (χ2v) is 8.91. The van der Waals surface area contributed by atoms with Gasteiger partial charge in [-0.25, -0.2) is 13.4 Å². The number of fused-ring (bicyclic) bond motifs is 1. The second kappa shape index (κ2) is 6.84. The van der Waals surface area contributed by atoms with Crippen LogP contribution in [0.2, 0.25) is 0 Å². The van der Waals surface area contributed by atoms with E-state index in [9.17, 15) is 13.2 Å². The number of carbonyl (C=O) groups is 1. The van der Waals surface area contributed by atoms with Gasteiger partial charge >= 0.3 is 0 Å². The van der Waals surface area contributed by atoms with Crippen molar-refractivity contribution in [2.24, 2.45) is 5.92 Å². The minimum atomic E-state index is -3.74. The van der Waals surface area contributed by atoms with E-state index >= 15 is 0 Å². The van der Waals surface area contributed by atoms with Gasteiger partial charge in [-0.2, -0.15) is 0 Å². The fourth-order valence-electron chi connectivity index (χ4n) is 3.46. The van der Waals surface area contributed by atoms with Crippen molar-refractivity contribution in [1.29, 1.82) is 0 Å². The van der Waals surface area contributed by atoms with E-state index in [1.54, 1.807) is 18.3 Å². The zero-order valence-corrected chi connectivity index (χ0v) is 15.9. The number of nitrogens with one attached hydrogen (secondary N) is 2. The van der Waals surface area contributed by atoms with Gasteiger partial charge in [-0.3, -0.25) is 9.52 Å². The number of amides is 1. The normalized spacial score (nSPS) is 17.5. The van der Waals surface area contributed by atoms with Crippen molar-refractivity contribution in [2.45, 2.75) is 31.1 Å². The van der Waals surface area contributed by atoms with Gasteiger partial charge in [-0.05, 0) is 54.7 Å². The summed E-state index contributed by atoms with van der Waals surface area (Å²) in [7, 11) is -3.74. The molecular weight excluding hydrogens is 364 g/mol. The molecule has 0 unspecified atom stereocenters. The number of nitrogens with zero attached hydrogens (tertiary/aromatic N) is 2. The predicted octanol–water partition coefficient (Wildman–Crippen LogP) is 2.61. The summed E-state index contributed by atoms with van der Waals surface area (Å²) in [6.07, 6.45) is 4.03. The first-order chi connectivity index (χ1) is 12.9. The Morgan fingerprint density at radius 2 is 1.96 bits per heavy atom. The highest BCUT2D eigenvalue weighted by Crippen LogP contribution is 2.27. The summed E-state index contributed by atoms with van der Waals surface area (Å²) >= 11 is 0. The fraction of sp³-hybridized carbons (Fsp3) is 0.368. The summed E-state index contributed by atoms with van der Waals surface area (Å²) in [6, 6.07) is 8.22. The monoisotopic (exact) mass is 386 g/mol. The first-order valence-electron chi connectivity index (χ1n) is 9.07. The molecule has 0 saturated carbocycles. The van der Waals surface area contributed by atoms with Crippen LogP contribution in [0.4, 0.5) is 17.2 Å². The molecule has 0 radical (unpaired) electrons. The molecule has 2 N–H and O–H groups in total. The summed E-state index contributed by atoms with van der Waals surface area (Å²) in [5.74, 6) is 1.48. The number of piperidine rings is 1. The van der Waals surface area contributed by atoms with E-state index in [4.69, 9.17) is 0 Å². The van der Waals surface area contributed by atoms with Crippen molar-refractivity contribution in [2.75, 3.05) is 28.0 Å². The van der Waals surface area contributed by atoms with Gasteiger partial charge in [0.25, 0.3) is 10.0 Å². The number of anilines is 3. The van der Waals surface area contributed by atoms with Gasteiger partial charge in [-0.1, -0.05) is 6.92 Å². The smallest absolute Gasteiger partial charge is 0.261 e. The maximum Gasteiger partial charge on any atom is 0.261 e. The van der Waals surface area contributed by atoms with Crippen molar-refractivity contribution in [3.05, 3.63) is 42.1 Å². The van der Waals surface area contributed by atoms with Crippen molar-refractivity contribution < 1.29 is 13.2 Å². The molecule has 27 heavy (non-hydrogen) atoms. The second-order valence-electron chi connectivity index (χ2n) is 7.22. The maximum absolute atomic E-state index is 12.7. The van der Waals surface area contributed by atoms with Gasteiger partial charge in [0.15, 0.2) is 0 Å². The molecule has 0 atom stereocenters. The van der Waals surface area contributed by atoms with Crippen LogP contribution in [0.25, 0.3) is 0 Å². The van der Waals surface area contributed by atoms with E-state index in [2.05, 4.69) is 26.8 Å². The number of pyridine rings is 1. The molecule has 2 aliphatic heterocycles. The number of carbonyl (C=O) groups excluding carboxylic acids is 1. The third-order valence-electron chi connectivity index (χ3n) is 5.12. The minimum Gasteiger partial charge on any atom is -0.357 e. The molecule has 4 rings (SSSR count). The topological polar surface area (TPSA) is 91.4 Å². The molecular formula is C19H22N4O3S. The summed E-state index contributed by atoms with van der Waals surface area (Å²) in [4.78, 5) is 18.2. The largest absolute Gasteiger partial charge is 0.357 e. The number of rotatable bonds is 4. The lowest BCUT2D eigenvalue weighted by molar-refractivity contribution is -0.115. The van der Waals surface area contributed by atoms with Gasteiger partial charge in [-0.15, -0.1) is 0 Å². The van der Waals surface area contributed by atoms with Crippen molar-refractivity contribution in [3.63, 3.8) is 0 Å². The highest BCUT2D eigenvalue weighted by atomic mass is 32.2. The Labute approximate surface area is 158 Å². The number of hydrogen-bond acceptors (Lipinski definition) is 5. The molecule has 2 aliphatic rings. The Balaban J connectivity index is 1.48. The molecule has 8 heteroatoms. The Hall–Kier alpha value is -2.61. The van der Waals surface area contributed by atoms with E-state index in [0.29, 0.717) is 16.9 Å². The molecule has 1 amide bonds. The lowest BCUT2D eigenvalue weighted by atomic mass is 9.99. The third kappa shape index (κ3) is 3.75. The van der Waals surface area contributed by atoms with Crippen LogP contribution in [0, 0.1) is 5.92 Å². The lowest BCUT2D eigenvalue weighted by Crippen LogP contribution is -2.33. The molecule has 3 heterocycles. The minimum absolute atomic E-state index is 0.126. The van der Waals surface area contributed by atoms with Gasteiger partial charge in [0.05, 0.1) is 23.2 Å². The first kappa shape index (κ1) is 17.8. The molecule has 7 nitrogen and oxygen atoms in total. The maximum atomic E-state index is 12.7. The van der Waals surface area contributed by atoms with E-state index in [1.165, 1.54) is 12.1 Å². The Morgan fingerprint density at radius 1 is 1.19 bits per heavy atom. The van der Waals surface area contributed by atoms with E-state index in [1.807, 2.05) is 6.07 Å². The van der Waals surface area contributed by atoms with Crippen LogP contribution in [0.1, 0.15) is 25.3 Å². The molecule has 1 saturated heterocycles. The van der Waals surface area contributed by atoms with E-state index in [0.717, 1.165) is 37.7 Å². The highest BCUT2D eigenvalue weighted by Gasteiger charge is 2.22. The molecule has 1 aromatic heterocycles. The van der Waals surface area contributed by atoms with Gasteiger partial charge in [0, 0.05) is 18.8 Å². The average molecular weight is 386 g/mol. The van der Waals surface area contributed by atoms with Crippen molar-refractivity contribution >= 4 is 33.1 Å². The Bertz CT molecular complexity index is 965. The molecule has 142 valence electrons. The molecule has 1 aromatic carbocycles. The molecule has 2 aromatic rings. The highest BCUT2D eigenvalue weighted by molar-refractivity contribution is 7.92. The van der Waals surface area contributed by atoms with Crippen LogP contribution in [-0.4, -0.2) is 32.4 Å². The molecule has 0 aliphatic carbocycles. The van der Waals surface area contributed by atoms with E-state index in [-0.39, 0.29) is 17.2 Å². The summed E-state index contributed by atoms with van der Waals surface area (Å²) < 4.78 is 27.9. The Morgan fingerprint density at radius 3 is 2.67 bits per heavy atom. The van der Waals surface area contributed by atoms with Crippen LogP contribution < -0.4 is 14.9 Å². The lowest BCUT2D eigenvalue weighted by Gasteiger charge is -2.31. The standard InChI is InChI=1S/C19H22N4O3S/c1-13-6-8-23(9-7-13)18-5-2-15(12-20-18)22-27(25,26)16-3-4-17-14(10-16)11-19(24)21-17/h2-5,10,12-13,22H,6-9,11H2,1H3,(H,21,24). The average Bonchev–Trinajstić information content (AvgIpc) is 3.02. The van der Waals surface area contributed by atoms with Crippen molar-refractivity contribution in [1.82, 2.24) is 4.98 Å². The zero-order chi connectivity index (χ0) is 19.0. The van der Waals surface area contributed by atoms with Crippen LogP contribution in [-0.2, 0) is 21.2 Å². The number of benzene rings is 1. The summed E-state index contributed by atoms with van der Waals surface area (Å²) in [5.41, 5.74) is 1.77. The predicted molar refractivity (Wildman–Crippen MR) is 104 cm³/mol. The Kier molecular flexibility index (Phi) is 4.51. The van der Waals surface area contributed by atoms with Crippen LogP contribution in [0.3, 0.4) is 0 Å². The van der Waals surface area contributed by atoms with E-state index < -0.39 is 10.0 Å². The molecule has 1 fully saturated rings. The van der Waals surface area contributed by atoms with Crippen LogP contribution in [0.15, 0.2) is 41.4 Å². The van der Waals surface area contributed by atoms with Gasteiger partial charge in [0.2, 0.25) is 5.91 Å². The van der Waals surface area contributed by atoms with Gasteiger partial charge in [0.1, 0.15) is 5.82 Å². The van der Waals surface area contributed by atoms with Crippen LogP contribution >= 0.6 is 0 Å². The van der Waals surface area contributed by atoms with Gasteiger partial charge < -0.3 is 10.2 Å².